The molecule has 0 unspecified atom stereocenters. The van der Waals surface area contributed by atoms with Gasteiger partial charge in [0.05, 0.1) is 6.42 Å². The lowest BCUT2D eigenvalue weighted by Gasteiger charge is -2.24. The van der Waals surface area contributed by atoms with Gasteiger partial charge in [-0.2, -0.15) is 0 Å². The standard InChI is InChI=1S/C25H28N4O6/c26-23(28-25(34)35-16-17-5-2-1-3-6-17)18-8-10-19(11-9-18)24(33)29-14-4-7-20(29)15-21(30)27-13-12-22(31)32/h1-3,5-6,8-11,20H,4,7,12-16H2,(H,27,30)(H,31,32)(H2,26,28,34)/t20-/m0/s1. The van der Waals surface area contributed by atoms with E-state index >= 15 is 0 Å². The summed E-state index contributed by atoms with van der Waals surface area (Å²) < 4.78 is 5.12. The Morgan fingerprint density at radius 2 is 1.71 bits per heavy atom. The topological polar surface area (TPSA) is 149 Å². The molecule has 1 fully saturated rings. The normalized spacial score (nSPS) is 14.7. The van der Waals surface area contributed by atoms with Crippen molar-refractivity contribution in [1.82, 2.24) is 15.5 Å². The summed E-state index contributed by atoms with van der Waals surface area (Å²) in [6, 6.07) is 15.2. The summed E-state index contributed by atoms with van der Waals surface area (Å²) in [7, 11) is 0. The quantitative estimate of drug-likeness (QED) is 0.320. The molecule has 1 aliphatic heterocycles. The molecule has 10 heteroatoms. The second-order valence-corrected chi connectivity index (χ2v) is 8.13. The molecule has 1 aliphatic rings. The Morgan fingerprint density at radius 3 is 2.40 bits per heavy atom. The van der Waals surface area contributed by atoms with Crippen molar-refractivity contribution in [2.24, 2.45) is 0 Å². The molecule has 0 aliphatic carbocycles. The van der Waals surface area contributed by atoms with Crippen LogP contribution in [0.1, 0.15) is 47.2 Å². The van der Waals surface area contributed by atoms with Crippen LogP contribution in [0.5, 0.6) is 0 Å². The minimum Gasteiger partial charge on any atom is -0.481 e. The van der Waals surface area contributed by atoms with Crippen molar-refractivity contribution in [2.75, 3.05) is 13.1 Å². The maximum absolute atomic E-state index is 13.0. The molecule has 0 bridgehead atoms. The van der Waals surface area contributed by atoms with Crippen molar-refractivity contribution >= 4 is 29.7 Å². The van der Waals surface area contributed by atoms with E-state index in [-0.39, 0.29) is 49.7 Å². The summed E-state index contributed by atoms with van der Waals surface area (Å²) in [5.74, 6) is -1.65. The van der Waals surface area contributed by atoms with Crippen molar-refractivity contribution < 1.29 is 29.0 Å². The number of carbonyl (C=O) groups is 4. The molecule has 4 N–H and O–H groups in total. The van der Waals surface area contributed by atoms with Gasteiger partial charge in [-0.05, 0) is 30.5 Å². The van der Waals surface area contributed by atoms with Gasteiger partial charge < -0.3 is 20.1 Å². The van der Waals surface area contributed by atoms with Crippen LogP contribution in [-0.2, 0) is 20.9 Å². The molecule has 0 saturated carbocycles. The number of amidine groups is 1. The third-order valence-electron chi connectivity index (χ3n) is 5.58. The van der Waals surface area contributed by atoms with E-state index in [2.05, 4.69) is 10.6 Å². The number of rotatable bonds is 9. The second kappa shape index (κ2) is 12.3. The fourth-order valence-electron chi connectivity index (χ4n) is 3.79. The Labute approximate surface area is 202 Å². The number of hydrogen-bond acceptors (Lipinski definition) is 6. The molecule has 1 heterocycles. The molecule has 184 valence electrons. The number of benzene rings is 2. The van der Waals surface area contributed by atoms with Crippen molar-refractivity contribution in [2.45, 2.75) is 38.3 Å². The summed E-state index contributed by atoms with van der Waals surface area (Å²) in [6.07, 6.45) is 0.677. The average Bonchev–Trinajstić information content (AvgIpc) is 3.30. The van der Waals surface area contributed by atoms with Crippen LogP contribution in [0.3, 0.4) is 0 Å². The number of nitrogens with one attached hydrogen (secondary N) is 3. The first-order valence-corrected chi connectivity index (χ1v) is 11.3. The highest BCUT2D eigenvalue weighted by atomic mass is 16.5. The molecule has 2 aromatic rings. The lowest BCUT2D eigenvalue weighted by atomic mass is 10.1. The predicted molar refractivity (Wildman–Crippen MR) is 127 cm³/mol. The highest BCUT2D eigenvalue weighted by Crippen LogP contribution is 2.23. The number of nitrogens with zero attached hydrogens (tertiary/aromatic N) is 1. The van der Waals surface area contributed by atoms with E-state index in [1.807, 2.05) is 30.3 Å². The summed E-state index contributed by atoms with van der Waals surface area (Å²) in [6.45, 7) is 0.663. The fraction of sp³-hybridized carbons (Fsp3) is 0.320. The van der Waals surface area contributed by atoms with Gasteiger partial charge in [0.15, 0.2) is 0 Å². The van der Waals surface area contributed by atoms with E-state index < -0.39 is 12.1 Å². The molecule has 10 nitrogen and oxygen atoms in total. The number of amides is 3. The highest BCUT2D eigenvalue weighted by molar-refractivity contribution is 6.05. The van der Waals surface area contributed by atoms with Gasteiger partial charge >= 0.3 is 12.1 Å². The maximum Gasteiger partial charge on any atom is 0.413 e. The third-order valence-corrected chi connectivity index (χ3v) is 5.58. The van der Waals surface area contributed by atoms with Crippen LogP contribution in [0.2, 0.25) is 0 Å². The van der Waals surface area contributed by atoms with Gasteiger partial charge in [-0.1, -0.05) is 42.5 Å². The smallest absolute Gasteiger partial charge is 0.413 e. The maximum atomic E-state index is 13.0. The Kier molecular flexibility index (Phi) is 8.94. The number of hydrogen-bond donors (Lipinski definition) is 4. The van der Waals surface area contributed by atoms with E-state index in [0.717, 1.165) is 12.0 Å². The molecule has 3 rings (SSSR count). The molecular formula is C25H28N4O6. The van der Waals surface area contributed by atoms with E-state index in [0.29, 0.717) is 24.1 Å². The SMILES string of the molecule is N=C(NC(=O)OCc1ccccc1)c1ccc(C(=O)N2CCC[C@H]2CC(=O)NCCC(=O)O)cc1. The third kappa shape index (κ3) is 7.66. The van der Waals surface area contributed by atoms with Gasteiger partial charge in [0.2, 0.25) is 5.91 Å². The Morgan fingerprint density at radius 1 is 1.03 bits per heavy atom. The molecule has 0 aromatic heterocycles. The minimum absolute atomic E-state index is 0.0517. The van der Waals surface area contributed by atoms with Crippen molar-refractivity contribution in [3.63, 3.8) is 0 Å². The summed E-state index contributed by atoms with van der Waals surface area (Å²) in [5, 5.41) is 21.7. The van der Waals surface area contributed by atoms with E-state index in [1.165, 1.54) is 0 Å². The Hall–Kier alpha value is -4.21. The fourth-order valence-corrected chi connectivity index (χ4v) is 3.79. The Bertz CT molecular complexity index is 1070. The molecular weight excluding hydrogens is 452 g/mol. The van der Waals surface area contributed by atoms with Gasteiger partial charge in [-0.3, -0.25) is 25.1 Å². The zero-order chi connectivity index (χ0) is 25.2. The van der Waals surface area contributed by atoms with Crippen LogP contribution in [0, 0.1) is 5.41 Å². The molecule has 3 amide bonds. The van der Waals surface area contributed by atoms with Gasteiger partial charge in [-0.15, -0.1) is 0 Å². The largest absolute Gasteiger partial charge is 0.481 e. The first-order valence-electron chi connectivity index (χ1n) is 11.3. The monoisotopic (exact) mass is 480 g/mol. The summed E-state index contributed by atoms with van der Waals surface area (Å²) >= 11 is 0. The molecule has 0 spiro atoms. The predicted octanol–water partition coefficient (Wildman–Crippen LogP) is 2.52. The van der Waals surface area contributed by atoms with E-state index in [1.54, 1.807) is 29.2 Å². The van der Waals surface area contributed by atoms with Crippen LogP contribution in [0.25, 0.3) is 0 Å². The first kappa shape index (κ1) is 25.4. The zero-order valence-corrected chi connectivity index (χ0v) is 19.2. The number of likely N-dealkylation sites (tertiary alicyclic amines) is 1. The summed E-state index contributed by atoms with van der Waals surface area (Å²) in [5.41, 5.74) is 1.65. The van der Waals surface area contributed by atoms with Crippen LogP contribution in [0.15, 0.2) is 54.6 Å². The number of carbonyl (C=O) groups excluding carboxylic acids is 3. The van der Waals surface area contributed by atoms with Crippen molar-refractivity contribution in [3.8, 4) is 0 Å². The second-order valence-electron chi connectivity index (χ2n) is 8.13. The zero-order valence-electron chi connectivity index (χ0n) is 19.2. The lowest BCUT2D eigenvalue weighted by Crippen LogP contribution is -2.39. The minimum atomic E-state index is -0.987. The number of carboxylic acid groups (broad SMARTS) is 1. The number of aliphatic carboxylic acids is 1. The molecule has 1 saturated heterocycles. The first-order chi connectivity index (χ1) is 16.8. The van der Waals surface area contributed by atoms with Crippen molar-refractivity contribution in [1.29, 1.82) is 5.41 Å². The van der Waals surface area contributed by atoms with Crippen molar-refractivity contribution in [3.05, 3.63) is 71.3 Å². The Balaban J connectivity index is 1.51. The highest BCUT2D eigenvalue weighted by Gasteiger charge is 2.31. The molecule has 2 aromatic carbocycles. The van der Waals surface area contributed by atoms with Crippen LogP contribution < -0.4 is 10.6 Å². The molecule has 35 heavy (non-hydrogen) atoms. The summed E-state index contributed by atoms with van der Waals surface area (Å²) in [4.78, 5) is 49.3. The van der Waals surface area contributed by atoms with Gasteiger partial charge in [-0.25, -0.2) is 4.79 Å². The van der Waals surface area contributed by atoms with E-state index in [4.69, 9.17) is 15.3 Å². The van der Waals surface area contributed by atoms with Crippen LogP contribution in [0.4, 0.5) is 4.79 Å². The van der Waals surface area contributed by atoms with Gasteiger partial charge in [0.1, 0.15) is 12.4 Å². The molecule has 1 atom stereocenters. The lowest BCUT2D eigenvalue weighted by molar-refractivity contribution is -0.136. The van der Waals surface area contributed by atoms with Gasteiger partial charge in [0, 0.05) is 36.7 Å². The van der Waals surface area contributed by atoms with E-state index in [9.17, 15) is 19.2 Å². The molecule has 0 radical (unpaired) electrons. The average molecular weight is 481 g/mol. The number of carboxylic acids is 1. The number of alkyl carbamates (subject to hydrolysis) is 1. The van der Waals surface area contributed by atoms with Crippen LogP contribution >= 0.6 is 0 Å². The van der Waals surface area contributed by atoms with Gasteiger partial charge in [0.25, 0.3) is 5.91 Å². The van der Waals surface area contributed by atoms with Crippen LogP contribution in [-0.4, -0.2) is 58.9 Å². The number of ether oxygens (including phenoxy) is 1.